The largest absolute Gasteiger partial charge is 0.322 e. The second-order valence-corrected chi connectivity index (χ2v) is 5.82. The summed E-state index contributed by atoms with van der Waals surface area (Å²) >= 11 is 9.50. The van der Waals surface area contributed by atoms with Crippen LogP contribution < -0.4 is 5.73 Å². The Balaban J connectivity index is 2.45. The molecular weight excluding hydrogens is 314 g/mol. The number of rotatable bonds is 3. The van der Waals surface area contributed by atoms with Gasteiger partial charge in [-0.2, -0.15) is 0 Å². The molecule has 1 atom stereocenters. The van der Waals surface area contributed by atoms with Gasteiger partial charge in [0.25, 0.3) is 0 Å². The van der Waals surface area contributed by atoms with Gasteiger partial charge in [0.1, 0.15) is 0 Å². The highest BCUT2D eigenvalue weighted by Crippen LogP contribution is 2.27. The molecule has 1 heterocycles. The van der Waals surface area contributed by atoms with Crippen molar-refractivity contribution < 1.29 is 0 Å². The van der Waals surface area contributed by atoms with Gasteiger partial charge in [-0.25, -0.2) is 4.98 Å². The Morgan fingerprint density at radius 2 is 2.11 bits per heavy atom. The van der Waals surface area contributed by atoms with E-state index in [9.17, 15) is 0 Å². The molecule has 3 nitrogen and oxygen atoms in total. The molecule has 1 aromatic carbocycles. The summed E-state index contributed by atoms with van der Waals surface area (Å²) in [7, 11) is 0. The van der Waals surface area contributed by atoms with Gasteiger partial charge in [-0.3, -0.25) is 0 Å². The average Bonchev–Trinajstić information content (AvgIpc) is 2.80. The molecule has 18 heavy (non-hydrogen) atoms. The van der Waals surface area contributed by atoms with Crippen molar-refractivity contribution in [1.29, 1.82) is 0 Å². The molecule has 0 aliphatic carbocycles. The van der Waals surface area contributed by atoms with Crippen LogP contribution in [0, 0.1) is 5.92 Å². The van der Waals surface area contributed by atoms with E-state index in [4.69, 9.17) is 17.3 Å². The molecule has 0 bridgehead atoms. The third kappa shape index (κ3) is 2.60. The fourth-order valence-electron chi connectivity index (χ4n) is 1.74. The van der Waals surface area contributed by atoms with Gasteiger partial charge >= 0.3 is 0 Å². The summed E-state index contributed by atoms with van der Waals surface area (Å²) in [5.74, 6) is 0.353. The van der Waals surface area contributed by atoms with Crippen LogP contribution in [0.25, 0.3) is 5.69 Å². The molecule has 5 heteroatoms. The molecule has 0 saturated carbocycles. The van der Waals surface area contributed by atoms with Crippen LogP contribution in [0.2, 0.25) is 5.02 Å². The van der Waals surface area contributed by atoms with Gasteiger partial charge < -0.3 is 10.3 Å². The SMILES string of the molecule is CC(C)C(N)c1cncn1-c1ccc(Br)c(Cl)c1. The summed E-state index contributed by atoms with van der Waals surface area (Å²) in [4.78, 5) is 4.18. The number of hydrogen-bond acceptors (Lipinski definition) is 2. The van der Waals surface area contributed by atoms with Gasteiger partial charge in [0.15, 0.2) is 0 Å². The lowest BCUT2D eigenvalue weighted by atomic mass is 10.0. The summed E-state index contributed by atoms with van der Waals surface area (Å²) in [6.07, 6.45) is 3.57. The molecule has 2 rings (SSSR count). The zero-order valence-corrected chi connectivity index (χ0v) is 12.6. The number of aromatic nitrogens is 2. The topological polar surface area (TPSA) is 43.8 Å². The van der Waals surface area contributed by atoms with Crippen molar-refractivity contribution in [3.63, 3.8) is 0 Å². The second kappa shape index (κ2) is 5.43. The predicted molar refractivity (Wildman–Crippen MR) is 78.0 cm³/mol. The lowest BCUT2D eigenvalue weighted by Gasteiger charge is -2.18. The van der Waals surface area contributed by atoms with Crippen molar-refractivity contribution in [2.45, 2.75) is 19.9 Å². The third-order valence-corrected chi connectivity index (χ3v) is 4.14. The second-order valence-electron chi connectivity index (χ2n) is 4.56. The Bertz CT molecular complexity index is 551. The maximum atomic E-state index is 6.19. The van der Waals surface area contributed by atoms with Gasteiger partial charge in [-0.15, -0.1) is 0 Å². The fraction of sp³-hybridized carbons (Fsp3) is 0.308. The summed E-state index contributed by atoms with van der Waals surface area (Å²) in [6, 6.07) is 5.75. The maximum Gasteiger partial charge on any atom is 0.0994 e. The van der Waals surface area contributed by atoms with E-state index < -0.39 is 0 Å². The Kier molecular flexibility index (Phi) is 4.10. The zero-order valence-electron chi connectivity index (χ0n) is 10.3. The van der Waals surface area contributed by atoms with Crippen molar-refractivity contribution in [2.75, 3.05) is 0 Å². The van der Waals surface area contributed by atoms with E-state index in [1.54, 1.807) is 12.5 Å². The summed E-state index contributed by atoms with van der Waals surface area (Å²) < 4.78 is 2.85. The molecule has 2 N–H and O–H groups in total. The van der Waals surface area contributed by atoms with Crippen LogP contribution in [0.5, 0.6) is 0 Å². The lowest BCUT2D eigenvalue weighted by molar-refractivity contribution is 0.497. The van der Waals surface area contributed by atoms with Crippen molar-refractivity contribution >= 4 is 27.5 Å². The van der Waals surface area contributed by atoms with Crippen LogP contribution in [0.4, 0.5) is 0 Å². The van der Waals surface area contributed by atoms with E-state index in [0.29, 0.717) is 10.9 Å². The first-order valence-corrected chi connectivity index (χ1v) is 6.91. The number of benzene rings is 1. The molecule has 0 saturated heterocycles. The highest BCUT2D eigenvalue weighted by atomic mass is 79.9. The van der Waals surface area contributed by atoms with Crippen molar-refractivity contribution in [3.8, 4) is 5.69 Å². The quantitative estimate of drug-likeness (QED) is 0.927. The molecule has 96 valence electrons. The van der Waals surface area contributed by atoms with E-state index >= 15 is 0 Å². The van der Waals surface area contributed by atoms with E-state index in [1.807, 2.05) is 22.8 Å². The first-order valence-electron chi connectivity index (χ1n) is 5.74. The van der Waals surface area contributed by atoms with Gasteiger partial charge in [0.05, 0.1) is 23.2 Å². The monoisotopic (exact) mass is 327 g/mol. The Morgan fingerprint density at radius 1 is 1.39 bits per heavy atom. The molecule has 1 unspecified atom stereocenters. The Morgan fingerprint density at radius 3 is 2.72 bits per heavy atom. The molecule has 0 fully saturated rings. The average molecular weight is 329 g/mol. The first-order chi connectivity index (χ1) is 8.50. The number of nitrogens with zero attached hydrogens (tertiary/aromatic N) is 2. The van der Waals surface area contributed by atoms with Crippen LogP contribution in [0.3, 0.4) is 0 Å². The van der Waals surface area contributed by atoms with Crippen LogP contribution in [0.15, 0.2) is 35.2 Å². The summed E-state index contributed by atoms with van der Waals surface area (Å²) in [6.45, 7) is 4.19. The molecule has 0 aliphatic heterocycles. The third-order valence-electron chi connectivity index (χ3n) is 2.91. The number of nitrogens with two attached hydrogens (primary N) is 1. The zero-order chi connectivity index (χ0) is 13.3. The van der Waals surface area contributed by atoms with Gasteiger partial charge in [-0.05, 0) is 40.0 Å². The van der Waals surface area contributed by atoms with Crippen molar-refractivity contribution in [1.82, 2.24) is 9.55 Å². The predicted octanol–water partition coefficient (Wildman–Crippen LogP) is 3.94. The van der Waals surface area contributed by atoms with Crippen LogP contribution in [0.1, 0.15) is 25.6 Å². The normalized spacial score (nSPS) is 13.0. The van der Waals surface area contributed by atoms with Crippen LogP contribution in [-0.4, -0.2) is 9.55 Å². The van der Waals surface area contributed by atoms with Gasteiger partial charge in [0.2, 0.25) is 0 Å². The van der Waals surface area contributed by atoms with E-state index in [0.717, 1.165) is 15.9 Å². The smallest absolute Gasteiger partial charge is 0.0994 e. The van der Waals surface area contributed by atoms with Gasteiger partial charge in [-0.1, -0.05) is 25.4 Å². The maximum absolute atomic E-state index is 6.19. The number of halogens is 2. The van der Waals surface area contributed by atoms with Crippen molar-refractivity contribution in [3.05, 3.63) is 45.9 Å². The molecule has 0 spiro atoms. The lowest BCUT2D eigenvalue weighted by Crippen LogP contribution is -2.19. The summed E-state index contributed by atoms with van der Waals surface area (Å²) in [5.41, 5.74) is 8.14. The fourth-order valence-corrected chi connectivity index (χ4v) is 2.17. The van der Waals surface area contributed by atoms with E-state index in [-0.39, 0.29) is 6.04 Å². The molecule has 2 aromatic rings. The number of imidazole rings is 1. The Hall–Kier alpha value is -0.840. The van der Waals surface area contributed by atoms with E-state index in [1.165, 1.54) is 0 Å². The molecule has 0 amide bonds. The van der Waals surface area contributed by atoms with Crippen molar-refractivity contribution in [2.24, 2.45) is 11.7 Å². The van der Waals surface area contributed by atoms with Crippen LogP contribution >= 0.6 is 27.5 Å². The number of hydrogen-bond donors (Lipinski definition) is 1. The molecule has 0 aliphatic rings. The highest BCUT2D eigenvalue weighted by Gasteiger charge is 2.16. The minimum atomic E-state index is -0.0464. The molecule has 0 radical (unpaired) electrons. The summed E-state index contributed by atoms with van der Waals surface area (Å²) in [5, 5.41) is 0.672. The Labute approximate surface area is 120 Å². The minimum Gasteiger partial charge on any atom is -0.322 e. The molecular formula is C13H15BrClN3. The standard InChI is InChI=1S/C13H15BrClN3/c1-8(2)13(16)12-6-17-7-18(12)9-3-4-10(14)11(15)5-9/h3-8,13H,16H2,1-2H3. The minimum absolute atomic E-state index is 0.0464. The highest BCUT2D eigenvalue weighted by molar-refractivity contribution is 9.10. The van der Waals surface area contributed by atoms with Gasteiger partial charge in [0, 0.05) is 16.2 Å². The molecule has 1 aromatic heterocycles. The van der Waals surface area contributed by atoms with E-state index in [2.05, 4.69) is 34.8 Å². The van der Waals surface area contributed by atoms with Crippen LogP contribution in [-0.2, 0) is 0 Å². The first kappa shape index (κ1) is 13.6.